The summed E-state index contributed by atoms with van der Waals surface area (Å²) in [7, 11) is 0. The molecule has 0 aliphatic carbocycles. The Morgan fingerprint density at radius 2 is 1.89 bits per heavy atom. The van der Waals surface area contributed by atoms with Gasteiger partial charge in [0.05, 0.1) is 0 Å². The maximum Gasteiger partial charge on any atom is 0.222 e. The van der Waals surface area contributed by atoms with Crippen molar-refractivity contribution in [2.75, 3.05) is 13.1 Å². The highest BCUT2D eigenvalue weighted by atomic mass is 16.2. The minimum Gasteiger partial charge on any atom is -0.342 e. The number of rotatable bonds is 4. The number of likely N-dealkylation sites (tertiary alicyclic amines) is 1. The van der Waals surface area contributed by atoms with E-state index in [4.69, 9.17) is 0 Å². The summed E-state index contributed by atoms with van der Waals surface area (Å²) in [4.78, 5) is 13.5. The van der Waals surface area contributed by atoms with Gasteiger partial charge in [0.2, 0.25) is 5.91 Å². The molecular weight excluding hydrogens is 224 g/mol. The minimum atomic E-state index is 0.331. The van der Waals surface area contributed by atoms with Crippen LogP contribution in [-0.2, 0) is 11.3 Å². The van der Waals surface area contributed by atoms with E-state index in [0.29, 0.717) is 5.91 Å². The van der Waals surface area contributed by atoms with E-state index < -0.39 is 0 Å². The van der Waals surface area contributed by atoms with Crippen molar-refractivity contribution in [1.29, 1.82) is 0 Å². The second-order valence-electron chi connectivity index (χ2n) is 5.30. The molecule has 1 saturated heterocycles. The van der Waals surface area contributed by atoms with Crippen LogP contribution in [0.3, 0.4) is 0 Å². The number of nitrogens with zero attached hydrogens (tertiary/aromatic N) is 2. The maximum atomic E-state index is 11.5. The standard InChI is InChI=1S/C15H23N2O/c1-12-10-13(2)17(14(3)11-12)9-5-8-16-7-4-6-15(16)18/h10-11H,4-9H2,1-3H3/q+1. The van der Waals surface area contributed by atoms with E-state index in [1.165, 1.54) is 17.0 Å². The van der Waals surface area contributed by atoms with Gasteiger partial charge in [-0.05, 0) is 18.9 Å². The van der Waals surface area contributed by atoms with Gasteiger partial charge in [0.1, 0.15) is 0 Å². The Balaban J connectivity index is 1.92. The first-order valence-electron chi connectivity index (χ1n) is 6.83. The molecule has 0 N–H and O–H groups in total. The van der Waals surface area contributed by atoms with Crippen molar-refractivity contribution in [2.24, 2.45) is 0 Å². The van der Waals surface area contributed by atoms with Gasteiger partial charge in [-0.3, -0.25) is 4.79 Å². The molecule has 3 nitrogen and oxygen atoms in total. The molecule has 1 aliphatic rings. The zero-order chi connectivity index (χ0) is 13.1. The van der Waals surface area contributed by atoms with Crippen LogP contribution in [0.1, 0.15) is 36.2 Å². The van der Waals surface area contributed by atoms with Crippen LogP contribution in [0.2, 0.25) is 0 Å². The van der Waals surface area contributed by atoms with Crippen molar-refractivity contribution in [3.05, 3.63) is 29.1 Å². The molecule has 18 heavy (non-hydrogen) atoms. The third-order valence-electron chi connectivity index (χ3n) is 3.71. The van der Waals surface area contributed by atoms with Gasteiger partial charge in [0, 0.05) is 51.9 Å². The number of aromatic nitrogens is 1. The highest BCUT2D eigenvalue weighted by Gasteiger charge is 2.20. The van der Waals surface area contributed by atoms with Crippen molar-refractivity contribution >= 4 is 5.91 Å². The summed E-state index contributed by atoms with van der Waals surface area (Å²) in [6.45, 7) is 9.30. The number of carbonyl (C=O) groups is 1. The summed E-state index contributed by atoms with van der Waals surface area (Å²) in [5, 5.41) is 0. The van der Waals surface area contributed by atoms with Gasteiger partial charge < -0.3 is 4.90 Å². The third-order valence-corrected chi connectivity index (χ3v) is 3.71. The third kappa shape index (κ3) is 2.89. The van der Waals surface area contributed by atoms with Crippen molar-refractivity contribution in [3.63, 3.8) is 0 Å². The van der Waals surface area contributed by atoms with Gasteiger partial charge in [-0.1, -0.05) is 0 Å². The Labute approximate surface area is 109 Å². The Morgan fingerprint density at radius 3 is 2.44 bits per heavy atom. The highest BCUT2D eigenvalue weighted by Crippen LogP contribution is 2.10. The summed E-state index contributed by atoms with van der Waals surface area (Å²) in [5.41, 5.74) is 3.93. The molecule has 0 bridgehead atoms. The van der Waals surface area contributed by atoms with E-state index in [9.17, 15) is 4.79 Å². The fourth-order valence-electron chi connectivity index (χ4n) is 2.85. The van der Waals surface area contributed by atoms with Gasteiger partial charge >= 0.3 is 0 Å². The molecule has 1 aromatic rings. The first-order chi connectivity index (χ1) is 8.58. The second kappa shape index (κ2) is 5.51. The number of hydrogen-bond acceptors (Lipinski definition) is 1. The van der Waals surface area contributed by atoms with Gasteiger partial charge in [-0.25, -0.2) is 4.57 Å². The topological polar surface area (TPSA) is 24.2 Å². The van der Waals surface area contributed by atoms with E-state index in [2.05, 4.69) is 37.5 Å². The van der Waals surface area contributed by atoms with Crippen LogP contribution in [0.15, 0.2) is 12.1 Å². The number of aryl methyl sites for hydroxylation is 3. The average molecular weight is 247 g/mol. The molecule has 1 aromatic heterocycles. The molecule has 1 fully saturated rings. The van der Waals surface area contributed by atoms with Gasteiger partial charge in [-0.15, -0.1) is 0 Å². The summed E-state index contributed by atoms with van der Waals surface area (Å²) in [5.74, 6) is 0.331. The summed E-state index contributed by atoms with van der Waals surface area (Å²) in [6.07, 6.45) is 2.82. The normalized spacial score (nSPS) is 15.5. The lowest BCUT2D eigenvalue weighted by Gasteiger charge is -2.14. The number of carbonyl (C=O) groups excluding carboxylic acids is 1. The summed E-state index contributed by atoms with van der Waals surface area (Å²) in [6, 6.07) is 4.43. The Hall–Kier alpha value is -1.38. The molecule has 3 heteroatoms. The zero-order valence-electron chi connectivity index (χ0n) is 11.7. The molecule has 0 radical (unpaired) electrons. The van der Waals surface area contributed by atoms with Crippen LogP contribution < -0.4 is 4.57 Å². The lowest BCUT2D eigenvalue weighted by atomic mass is 10.2. The molecule has 1 amide bonds. The van der Waals surface area contributed by atoms with Crippen LogP contribution in [0.4, 0.5) is 0 Å². The molecule has 98 valence electrons. The Kier molecular flexibility index (Phi) is 4.00. The maximum absolute atomic E-state index is 11.5. The molecule has 0 unspecified atom stereocenters. The van der Waals surface area contributed by atoms with Gasteiger partial charge in [0.25, 0.3) is 0 Å². The molecule has 2 rings (SSSR count). The molecule has 0 aromatic carbocycles. The lowest BCUT2D eigenvalue weighted by Crippen LogP contribution is -2.42. The predicted molar refractivity (Wildman–Crippen MR) is 71.3 cm³/mol. The molecule has 0 atom stereocenters. The van der Waals surface area contributed by atoms with Crippen LogP contribution in [0.5, 0.6) is 0 Å². The van der Waals surface area contributed by atoms with E-state index in [1.807, 2.05) is 4.90 Å². The fourth-order valence-corrected chi connectivity index (χ4v) is 2.85. The lowest BCUT2D eigenvalue weighted by molar-refractivity contribution is -0.708. The number of hydrogen-bond donors (Lipinski definition) is 0. The van der Waals surface area contributed by atoms with Gasteiger partial charge in [0.15, 0.2) is 17.9 Å². The van der Waals surface area contributed by atoms with Crippen LogP contribution in [0.25, 0.3) is 0 Å². The first kappa shape index (κ1) is 13.1. The smallest absolute Gasteiger partial charge is 0.222 e. The summed E-state index contributed by atoms with van der Waals surface area (Å²) >= 11 is 0. The van der Waals surface area contributed by atoms with E-state index in [-0.39, 0.29) is 0 Å². The van der Waals surface area contributed by atoms with E-state index in [0.717, 1.165) is 38.9 Å². The molecule has 2 heterocycles. The van der Waals surface area contributed by atoms with E-state index in [1.54, 1.807) is 0 Å². The van der Waals surface area contributed by atoms with E-state index >= 15 is 0 Å². The molecule has 0 spiro atoms. The predicted octanol–water partition coefficient (Wildman–Crippen LogP) is 1.91. The van der Waals surface area contributed by atoms with Crippen LogP contribution in [-0.4, -0.2) is 23.9 Å². The highest BCUT2D eigenvalue weighted by molar-refractivity contribution is 5.77. The van der Waals surface area contributed by atoms with Crippen molar-refractivity contribution < 1.29 is 9.36 Å². The summed E-state index contributed by atoms with van der Waals surface area (Å²) < 4.78 is 2.34. The fraction of sp³-hybridized carbons (Fsp3) is 0.600. The second-order valence-corrected chi connectivity index (χ2v) is 5.30. The van der Waals surface area contributed by atoms with Crippen LogP contribution in [0, 0.1) is 20.8 Å². The molecular formula is C15H23N2O+. The van der Waals surface area contributed by atoms with Crippen molar-refractivity contribution in [2.45, 2.75) is 46.6 Å². The zero-order valence-corrected chi connectivity index (χ0v) is 11.7. The van der Waals surface area contributed by atoms with Crippen molar-refractivity contribution in [3.8, 4) is 0 Å². The number of pyridine rings is 1. The van der Waals surface area contributed by atoms with Crippen molar-refractivity contribution in [1.82, 2.24) is 4.90 Å². The molecule has 1 aliphatic heterocycles. The van der Waals surface area contributed by atoms with Crippen LogP contribution >= 0.6 is 0 Å². The monoisotopic (exact) mass is 247 g/mol. The first-order valence-corrected chi connectivity index (χ1v) is 6.83. The Bertz CT molecular complexity index is 431. The largest absolute Gasteiger partial charge is 0.342 e. The average Bonchev–Trinajstić information content (AvgIpc) is 2.68. The minimum absolute atomic E-state index is 0.331. The SMILES string of the molecule is Cc1cc(C)[n+](CCCN2CCCC2=O)c(C)c1. The quantitative estimate of drug-likeness (QED) is 0.746. The van der Waals surface area contributed by atoms with Gasteiger partial charge in [-0.2, -0.15) is 0 Å². The molecule has 0 saturated carbocycles. The number of amides is 1. The Morgan fingerprint density at radius 1 is 1.22 bits per heavy atom.